The zero-order chi connectivity index (χ0) is 59.1. The second kappa shape index (κ2) is 26.4. The maximum absolute atomic E-state index is 13.0. The summed E-state index contributed by atoms with van der Waals surface area (Å²) < 4.78 is 130. The minimum Gasteiger partial charge on any atom is -0.341 e. The first kappa shape index (κ1) is 61.9. The minimum absolute atomic E-state index is 0.0326. The van der Waals surface area contributed by atoms with E-state index in [4.69, 9.17) is 0 Å². The zero-order valence-corrected chi connectivity index (χ0v) is 46.3. The smallest absolute Gasteiger partial charge is 0.341 e. The van der Waals surface area contributed by atoms with Crippen molar-refractivity contribution in [2.45, 2.75) is 129 Å². The number of Topliss-reactive ketones (excluding diaryl/α,β-unsaturated/α-hetero) is 3. The van der Waals surface area contributed by atoms with E-state index in [9.17, 15) is 72.7 Å². The van der Waals surface area contributed by atoms with E-state index >= 15 is 0 Å². The fourth-order valence-electron chi connectivity index (χ4n) is 9.03. The number of hydrogen-bond donors (Lipinski definition) is 0. The van der Waals surface area contributed by atoms with Crippen molar-refractivity contribution in [2.24, 2.45) is 0 Å². The van der Waals surface area contributed by atoms with Crippen molar-refractivity contribution < 1.29 is 72.7 Å². The van der Waals surface area contributed by atoms with Gasteiger partial charge >= 0.3 is 12.4 Å². The number of alkyl halides is 10. The number of carbonyl (C=O) groups excluding carboxylic acids is 6. The van der Waals surface area contributed by atoms with Crippen LogP contribution in [0.15, 0.2) is 40.5 Å². The third kappa shape index (κ3) is 16.3. The average molecular weight is 1210 g/mol. The Balaban J connectivity index is 0.000000175. The molecule has 6 aromatic heterocycles. The summed E-state index contributed by atoms with van der Waals surface area (Å²) in [7, 11) is 0. The topological polar surface area (TPSA) is 204 Å². The molecule has 438 valence electrons. The van der Waals surface area contributed by atoms with E-state index in [1.165, 1.54) is 66.6 Å². The maximum Gasteiger partial charge on any atom is 0.435 e. The Labute approximate surface area is 468 Å². The number of thiazole rings is 3. The maximum atomic E-state index is 13.0. The standard InChI is InChI=1S/C17H18F4N4O2S.C17H19F3N4O2S.C16H17F3N4O2S/c1-9(26)12-8-28-17(22-12)10-2-4-24(5-3-10)14(27)7-25-13(16(20)21)6-11(23-25)15(18)19;1-10-6-14(17(18,19)20)22-24(10)8-15(26)23-5-3-4-12(7-23)16-21-13(9-27-16)11(2)25;1-10(24)12-9-26-15(20-12)11-2-5-22(6-3-11)14(25)8-23-7-4-13(21-23)16(17,18)19/h6,8,10,15-16H,2-5,7H2,1H3;6,9,12H,3-5,7-8H2,1-2H3;4,7,9,11H,2-3,5-6,8H2,1H3. The molecule has 9 heterocycles. The molecule has 1 unspecified atom stereocenters. The van der Waals surface area contributed by atoms with Gasteiger partial charge in [-0.15, -0.1) is 34.0 Å². The molecule has 0 bridgehead atoms. The number of piperidine rings is 3. The Hall–Kier alpha value is -6.76. The Morgan fingerprint density at radius 2 is 1.01 bits per heavy atom. The molecule has 6 aromatic rings. The van der Waals surface area contributed by atoms with E-state index in [2.05, 4.69) is 30.2 Å². The third-order valence-corrected chi connectivity index (χ3v) is 16.5. The van der Waals surface area contributed by atoms with Crippen molar-refractivity contribution in [3.05, 3.63) is 101 Å². The van der Waals surface area contributed by atoms with Gasteiger partial charge in [-0.1, -0.05) is 0 Å². The molecule has 0 N–H and O–H groups in total. The summed E-state index contributed by atoms with van der Waals surface area (Å²) >= 11 is 4.25. The molecule has 0 aliphatic carbocycles. The molecule has 18 nitrogen and oxygen atoms in total. The molecule has 0 saturated carbocycles. The molecule has 3 fully saturated rings. The van der Waals surface area contributed by atoms with Gasteiger partial charge in [-0.25, -0.2) is 32.5 Å². The second-order valence-electron chi connectivity index (χ2n) is 19.3. The van der Waals surface area contributed by atoms with Gasteiger partial charge in [-0.3, -0.25) is 42.8 Å². The van der Waals surface area contributed by atoms with Gasteiger partial charge in [0.05, 0.1) is 15.0 Å². The molecule has 3 aliphatic rings. The van der Waals surface area contributed by atoms with Crippen LogP contribution in [-0.2, 0) is 46.4 Å². The molecule has 1 atom stereocenters. The van der Waals surface area contributed by atoms with Crippen molar-refractivity contribution >= 4 is 69.1 Å². The number of nitrogens with zero attached hydrogens (tertiary/aromatic N) is 12. The molecule has 0 radical (unpaired) electrons. The number of rotatable bonds is 14. The number of aromatic nitrogens is 9. The van der Waals surface area contributed by atoms with Crippen LogP contribution in [0.25, 0.3) is 0 Å². The molecular weight excluding hydrogens is 1150 g/mol. The van der Waals surface area contributed by atoms with Gasteiger partial charge in [-0.2, -0.15) is 41.6 Å². The van der Waals surface area contributed by atoms with E-state index in [1.54, 1.807) is 25.9 Å². The fourth-order valence-corrected chi connectivity index (χ4v) is 12.1. The van der Waals surface area contributed by atoms with E-state index in [0.717, 1.165) is 55.6 Å². The highest BCUT2D eigenvalue weighted by Gasteiger charge is 2.37. The number of aryl methyl sites for hydroxylation is 1. The first-order chi connectivity index (χ1) is 38.1. The highest BCUT2D eigenvalue weighted by atomic mass is 32.1. The van der Waals surface area contributed by atoms with Crippen molar-refractivity contribution in [3.63, 3.8) is 0 Å². The van der Waals surface area contributed by atoms with Crippen LogP contribution in [0, 0.1) is 6.92 Å². The molecular formula is C50H54F10N12O6S3. The predicted octanol–water partition coefficient (Wildman–Crippen LogP) is 10.1. The van der Waals surface area contributed by atoms with Crippen molar-refractivity contribution in [2.75, 3.05) is 39.3 Å². The number of hydrogen-bond acceptors (Lipinski definition) is 15. The highest BCUT2D eigenvalue weighted by Crippen LogP contribution is 2.35. The van der Waals surface area contributed by atoms with Gasteiger partial charge < -0.3 is 14.7 Å². The normalized spacial score (nSPS) is 16.5. The van der Waals surface area contributed by atoms with Crippen LogP contribution in [0.3, 0.4) is 0 Å². The Morgan fingerprint density at radius 3 is 1.43 bits per heavy atom. The Kier molecular flexibility index (Phi) is 20.2. The predicted molar refractivity (Wildman–Crippen MR) is 273 cm³/mol. The zero-order valence-electron chi connectivity index (χ0n) is 43.9. The van der Waals surface area contributed by atoms with Gasteiger partial charge in [0, 0.05) is 106 Å². The van der Waals surface area contributed by atoms with Gasteiger partial charge in [0.25, 0.3) is 12.9 Å². The lowest BCUT2D eigenvalue weighted by atomic mass is 9.97. The summed E-state index contributed by atoms with van der Waals surface area (Å²) in [5.74, 6) is -0.918. The van der Waals surface area contributed by atoms with E-state index in [-0.39, 0.29) is 65.7 Å². The van der Waals surface area contributed by atoms with E-state index in [0.29, 0.717) is 92.8 Å². The number of halogens is 10. The van der Waals surface area contributed by atoms with Crippen molar-refractivity contribution in [3.8, 4) is 0 Å². The summed E-state index contributed by atoms with van der Waals surface area (Å²) in [5.41, 5.74) is -1.88. The van der Waals surface area contributed by atoms with Crippen molar-refractivity contribution in [1.82, 2.24) is 59.0 Å². The lowest BCUT2D eigenvalue weighted by molar-refractivity contribution is -0.142. The summed E-state index contributed by atoms with van der Waals surface area (Å²) in [4.78, 5) is 89.2. The number of carbonyl (C=O) groups is 6. The first-order valence-corrected chi connectivity index (χ1v) is 27.9. The molecule has 0 aromatic carbocycles. The summed E-state index contributed by atoms with van der Waals surface area (Å²) in [6, 6.07) is 2.42. The summed E-state index contributed by atoms with van der Waals surface area (Å²) in [6.07, 6.45) is -9.57. The molecule has 3 saturated heterocycles. The van der Waals surface area contributed by atoms with Crippen LogP contribution in [0.1, 0.15) is 165 Å². The third-order valence-electron chi connectivity index (χ3n) is 13.5. The molecule has 31 heteroatoms. The largest absolute Gasteiger partial charge is 0.435 e. The van der Waals surface area contributed by atoms with Gasteiger partial charge in [-0.05, 0) is 63.6 Å². The van der Waals surface area contributed by atoms with Gasteiger partial charge in [0.15, 0.2) is 28.7 Å². The SMILES string of the molecule is CC(=O)c1csc(C2CCCN(C(=O)Cn3nc(C(F)(F)F)cc3C)C2)n1.CC(=O)c1csc(C2CCN(C(=O)Cn3ccc(C(F)(F)F)n3)CC2)n1.CC(=O)c1csc(C2CCN(C(=O)Cn3nc(C(F)F)cc3C(F)F)CC2)n1. The minimum atomic E-state index is -4.53. The molecule has 3 aliphatic heterocycles. The number of amides is 3. The van der Waals surface area contributed by atoms with E-state index in [1.807, 2.05) is 0 Å². The van der Waals surface area contributed by atoms with E-state index < -0.39 is 60.4 Å². The molecule has 9 rings (SSSR count). The number of likely N-dealkylation sites (tertiary alicyclic amines) is 3. The fraction of sp³-hybridized carbons (Fsp3) is 0.520. The second-order valence-corrected chi connectivity index (χ2v) is 22.0. The lowest BCUT2D eigenvalue weighted by Crippen LogP contribution is -2.41. The van der Waals surface area contributed by atoms with Crippen LogP contribution in [0.5, 0.6) is 0 Å². The van der Waals surface area contributed by atoms with Crippen LogP contribution >= 0.6 is 34.0 Å². The Morgan fingerprint density at radius 1 is 0.556 bits per heavy atom. The quantitative estimate of drug-likeness (QED) is 0.0738. The average Bonchev–Trinajstić information content (AvgIpc) is 4.31. The lowest BCUT2D eigenvalue weighted by Gasteiger charge is -2.32. The Bertz CT molecular complexity index is 3180. The van der Waals surface area contributed by atoms with Gasteiger partial charge in [0.1, 0.15) is 48.1 Å². The van der Waals surface area contributed by atoms with Crippen LogP contribution < -0.4 is 0 Å². The summed E-state index contributed by atoms with van der Waals surface area (Å²) in [5, 5.41) is 18.1. The van der Waals surface area contributed by atoms with Crippen molar-refractivity contribution in [1.29, 1.82) is 0 Å². The van der Waals surface area contributed by atoms with Crippen LogP contribution in [-0.4, -0.2) is 133 Å². The van der Waals surface area contributed by atoms with Gasteiger partial charge in [0.2, 0.25) is 17.7 Å². The molecule has 0 spiro atoms. The summed E-state index contributed by atoms with van der Waals surface area (Å²) in [6.45, 7) is 7.70. The first-order valence-electron chi connectivity index (χ1n) is 25.2. The van der Waals surface area contributed by atoms with Crippen LogP contribution in [0.4, 0.5) is 43.9 Å². The number of ketones is 3. The molecule has 81 heavy (non-hydrogen) atoms. The monoisotopic (exact) mass is 1200 g/mol. The van der Waals surface area contributed by atoms with Crippen LogP contribution in [0.2, 0.25) is 0 Å². The molecule has 3 amide bonds. The highest BCUT2D eigenvalue weighted by molar-refractivity contribution is 7.10.